The molecule has 194 valence electrons. The van der Waals surface area contributed by atoms with Gasteiger partial charge in [-0.1, -0.05) is 33.6 Å². The Balaban J connectivity index is 1.38. The summed E-state index contributed by atoms with van der Waals surface area (Å²) in [4.78, 5) is 12.4. The zero-order chi connectivity index (χ0) is 24.2. The van der Waals surface area contributed by atoms with Crippen molar-refractivity contribution in [1.82, 2.24) is 0 Å². The van der Waals surface area contributed by atoms with Gasteiger partial charge in [0.25, 0.3) is 5.79 Å². The molecule has 4 bridgehead atoms. The molecule has 6 fully saturated rings. The molecule has 1 aromatic rings. The van der Waals surface area contributed by atoms with Crippen LogP contribution in [0.25, 0.3) is 0 Å². The van der Waals surface area contributed by atoms with Gasteiger partial charge in [-0.05, 0) is 123 Å². The molecule has 0 N–H and O–H groups in total. The van der Waals surface area contributed by atoms with E-state index in [-0.39, 0.29) is 5.60 Å². The highest BCUT2D eigenvalue weighted by Gasteiger charge is 2.76. The topological polar surface area (TPSA) is 36.9 Å². The van der Waals surface area contributed by atoms with Crippen LogP contribution in [-0.4, -0.2) is 18.8 Å². The van der Waals surface area contributed by atoms with Gasteiger partial charge >= 0.3 is 0 Å². The molecule has 1 heterocycles. The summed E-state index contributed by atoms with van der Waals surface area (Å²) in [5.74, 6) is 4.11. The zero-order valence-electron chi connectivity index (χ0n) is 22.4. The monoisotopic (exact) mass is 482 g/mol. The van der Waals surface area contributed by atoms with Crippen LogP contribution < -0.4 is 4.74 Å². The molecular formula is C31H46O4. The third-order valence-electron chi connectivity index (χ3n) is 10.6. The molecule has 5 aliphatic carbocycles. The van der Waals surface area contributed by atoms with Gasteiger partial charge in [0.2, 0.25) is 0 Å². The summed E-state index contributed by atoms with van der Waals surface area (Å²) in [7, 11) is 1.83. The van der Waals surface area contributed by atoms with Crippen molar-refractivity contribution in [3.63, 3.8) is 0 Å². The van der Waals surface area contributed by atoms with Gasteiger partial charge in [0.05, 0.1) is 6.10 Å². The minimum atomic E-state index is -0.827. The molecule has 7 rings (SSSR count). The summed E-state index contributed by atoms with van der Waals surface area (Å²) in [6.45, 7) is 7.02. The fourth-order valence-corrected chi connectivity index (χ4v) is 8.80. The molecule has 1 saturated heterocycles. The first-order valence-electron chi connectivity index (χ1n) is 14.7. The van der Waals surface area contributed by atoms with Gasteiger partial charge in [-0.2, -0.15) is 4.89 Å². The quantitative estimate of drug-likeness (QED) is 0.353. The van der Waals surface area contributed by atoms with Crippen LogP contribution in [0.1, 0.15) is 115 Å². The second-order valence-electron chi connectivity index (χ2n) is 12.9. The molecule has 3 atom stereocenters. The molecule has 4 heteroatoms. The minimum Gasteiger partial charge on any atom is -0.490 e. The molecule has 1 spiro atoms. The smallest absolute Gasteiger partial charge is 0.260 e. The Hall–Kier alpha value is -1.10. The molecule has 5 saturated carbocycles. The van der Waals surface area contributed by atoms with Crippen molar-refractivity contribution < 1.29 is 19.2 Å². The first kappa shape index (κ1) is 24.2. The average Bonchev–Trinajstić information content (AvgIpc) is 2.84. The minimum absolute atomic E-state index is 0.323. The summed E-state index contributed by atoms with van der Waals surface area (Å²) in [6.07, 6.45) is 15.4. The van der Waals surface area contributed by atoms with E-state index in [1.165, 1.54) is 69.8 Å². The highest BCUT2D eigenvalue weighted by molar-refractivity contribution is 5.41. The van der Waals surface area contributed by atoms with Gasteiger partial charge in [0.1, 0.15) is 5.75 Å². The Labute approximate surface area is 212 Å². The van der Waals surface area contributed by atoms with Gasteiger partial charge in [-0.25, -0.2) is 4.89 Å². The van der Waals surface area contributed by atoms with Gasteiger partial charge in [-0.15, -0.1) is 0 Å². The van der Waals surface area contributed by atoms with Crippen LogP contribution in [0.3, 0.4) is 0 Å². The average molecular weight is 483 g/mol. The maximum Gasteiger partial charge on any atom is 0.260 e. The third kappa shape index (κ3) is 3.89. The Bertz CT molecular complexity index is 873. The first-order valence-corrected chi connectivity index (χ1v) is 14.7. The largest absolute Gasteiger partial charge is 0.490 e. The van der Waals surface area contributed by atoms with Crippen molar-refractivity contribution in [1.29, 1.82) is 0 Å². The molecular weight excluding hydrogens is 436 g/mol. The van der Waals surface area contributed by atoms with Gasteiger partial charge in [0.15, 0.2) is 5.60 Å². The lowest BCUT2D eigenvalue weighted by Crippen LogP contribution is -2.76. The lowest BCUT2D eigenvalue weighted by Gasteiger charge is -2.68. The third-order valence-corrected chi connectivity index (χ3v) is 10.6. The number of rotatable bonds is 8. The van der Waals surface area contributed by atoms with Gasteiger partial charge < -0.3 is 9.47 Å². The van der Waals surface area contributed by atoms with Crippen LogP contribution in [0, 0.1) is 29.6 Å². The highest BCUT2D eigenvalue weighted by Crippen LogP contribution is 2.69. The SMILES string of the molecule is CCC(C)CC(C)c1cc(OC2CCCCC2)cc(C2(OC)OOC23C2CC4CC(C2)CC3C4)c1. The van der Waals surface area contributed by atoms with E-state index in [0.717, 1.165) is 36.0 Å². The fraction of sp³-hybridized carbons (Fsp3) is 0.806. The molecule has 0 radical (unpaired) electrons. The molecule has 3 unspecified atom stereocenters. The van der Waals surface area contributed by atoms with Crippen LogP contribution in [-0.2, 0) is 20.3 Å². The van der Waals surface area contributed by atoms with Gasteiger partial charge in [-0.3, -0.25) is 0 Å². The summed E-state index contributed by atoms with van der Waals surface area (Å²) in [6, 6.07) is 6.89. The lowest BCUT2D eigenvalue weighted by molar-refractivity contribution is -0.645. The zero-order valence-corrected chi connectivity index (χ0v) is 22.4. The number of hydrogen-bond acceptors (Lipinski definition) is 4. The first-order chi connectivity index (χ1) is 17.0. The summed E-state index contributed by atoms with van der Waals surface area (Å²) < 4.78 is 13.1. The Morgan fingerprint density at radius 3 is 2.17 bits per heavy atom. The van der Waals surface area contributed by atoms with Crippen LogP contribution in [0.4, 0.5) is 0 Å². The van der Waals surface area contributed by atoms with E-state index in [2.05, 4.69) is 39.0 Å². The van der Waals surface area contributed by atoms with Crippen LogP contribution >= 0.6 is 0 Å². The van der Waals surface area contributed by atoms with Crippen LogP contribution in [0.2, 0.25) is 0 Å². The number of ether oxygens (including phenoxy) is 2. The predicted octanol–water partition coefficient (Wildman–Crippen LogP) is 7.89. The van der Waals surface area contributed by atoms with E-state index in [9.17, 15) is 0 Å². The molecule has 0 aromatic heterocycles. The van der Waals surface area contributed by atoms with E-state index in [1.54, 1.807) is 0 Å². The summed E-state index contributed by atoms with van der Waals surface area (Å²) in [5, 5.41) is 0. The van der Waals surface area contributed by atoms with E-state index >= 15 is 0 Å². The van der Waals surface area contributed by atoms with Crippen molar-refractivity contribution in [2.75, 3.05) is 7.11 Å². The number of methoxy groups -OCH3 is 1. The molecule has 4 nitrogen and oxygen atoms in total. The van der Waals surface area contributed by atoms with Crippen molar-refractivity contribution in [3.05, 3.63) is 29.3 Å². The molecule has 1 aliphatic heterocycles. The highest BCUT2D eigenvalue weighted by atomic mass is 17.3. The maximum absolute atomic E-state index is 6.67. The standard InChI is InChI=1S/C31H46O4/c1-5-20(2)11-21(3)24-17-27(19-29(18-24)33-28-9-7-6-8-10-28)31(32-4)30(34-35-31)25-13-22-12-23(15-25)16-26(30)14-22/h17-23,25-26,28H,5-16H2,1-4H3. The second-order valence-corrected chi connectivity index (χ2v) is 12.9. The van der Waals surface area contributed by atoms with E-state index in [4.69, 9.17) is 19.2 Å². The normalized spacial score (nSPS) is 40.0. The lowest BCUT2D eigenvalue weighted by atomic mass is 9.47. The Morgan fingerprint density at radius 2 is 1.60 bits per heavy atom. The summed E-state index contributed by atoms with van der Waals surface area (Å²) >= 11 is 0. The Morgan fingerprint density at radius 1 is 0.914 bits per heavy atom. The van der Waals surface area contributed by atoms with E-state index in [0.29, 0.717) is 29.8 Å². The van der Waals surface area contributed by atoms with Crippen LogP contribution in [0.5, 0.6) is 5.75 Å². The van der Waals surface area contributed by atoms with Crippen molar-refractivity contribution in [3.8, 4) is 5.75 Å². The fourth-order valence-electron chi connectivity index (χ4n) is 8.80. The van der Waals surface area contributed by atoms with Crippen molar-refractivity contribution in [2.24, 2.45) is 29.6 Å². The van der Waals surface area contributed by atoms with E-state index < -0.39 is 5.79 Å². The Kier molecular flexibility index (Phi) is 6.46. The molecule has 6 aliphatic rings. The van der Waals surface area contributed by atoms with Crippen LogP contribution in [0.15, 0.2) is 18.2 Å². The van der Waals surface area contributed by atoms with Gasteiger partial charge in [0, 0.05) is 12.7 Å². The molecule has 1 aromatic carbocycles. The predicted molar refractivity (Wildman–Crippen MR) is 137 cm³/mol. The molecule has 0 amide bonds. The number of hydrogen-bond donors (Lipinski definition) is 0. The summed E-state index contributed by atoms with van der Waals surface area (Å²) in [5.41, 5.74) is 2.10. The molecule has 35 heavy (non-hydrogen) atoms. The second kappa shape index (κ2) is 9.33. The van der Waals surface area contributed by atoms with Crippen molar-refractivity contribution >= 4 is 0 Å². The van der Waals surface area contributed by atoms with Crippen molar-refractivity contribution in [2.45, 2.75) is 121 Å². The van der Waals surface area contributed by atoms with E-state index in [1.807, 2.05) is 7.11 Å². The maximum atomic E-state index is 6.67. The number of benzene rings is 1.